The van der Waals surface area contributed by atoms with E-state index < -0.39 is 0 Å². The largest absolute Gasteiger partial charge is 0.309 e. The molecular formula is C37H23N3. The Morgan fingerprint density at radius 1 is 0.375 bits per heavy atom. The molecule has 0 spiro atoms. The van der Waals surface area contributed by atoms with E-state index in [4.69, 9.17) is 4.98 Å². The average Bonchev–Trinajstić information content (AvgIpc) is 3.54. The van der Waals surface area contributed by atoms with Gasteiger partial charge < -0.3 is 4.57 Å². The van der Waals surface area contributed by atoms with Gasteiger partial charge >= 0.3 is 0 Å². The highest BCUT2D eigenvalue weighted by atomic mass is 15.1. The Morgan fingerprint density at radius 3 is 1.68 bits per heavy atom. The Kier molecular flexibility index (Phi) is 4.33. The highest BCUT2D eigenvalue weighted by molar-refractivity contribution is 6.29. The first-order valence-electron chi connectivity index (χ1n) is 13.7. The Morgan fingerprint density at radius 2 is 0.950 bits per heavy atom. The summed E-state index contributed by atoms with van der Waals surface area (Å²) in [5.74, 6) is 0.936. The summed E-state index contributed by atoms with van der Waals surface area (Å²) in [4.78, 5) is 5.09. The Labute approximate surface area is 230 Å². The first kappa shape index (κ1) is 21.5. The molecule has 186 valence electrons. The second kappa shape index (κ2) is 8.05. The van der Waals surface area contributed by atoms with Crippen molar-refractivity contribution in [2.24, 2.45) is 0 Å². The van der Waals surface area contributed by atoms with Crippen LogP contribution in [0.2, 0.25) is 0 Å². The lowest BCUT2D eigenvalue weighted by Crippen LogP contribution is -1.97. The van der Waals surface area contributed by atoms with Gasteiger partial charge in [0.05, 0.1) is 27.6 Å². The molecule has 0 unspecified atom stereocenters. The van der Waals surface area contributed by atoms with Crippen LogP contribution in [0.3, 0.4) is 0 Å². The lowest BCUT2D eigenvalue weighted by molar-refractivity contribution is 1.10. The molecule has 0 atom stereocenters. The van der Waals surface area contributed by atoms with E-state index in [2.05, 4.69) is 149 Å². The minimum absolute atomic E-state index is 0.936. The number of hydrogen-bond acceptors (Lipinski definition) is 1. The Hall–Kier alpha value is -5.41. The fraction of sp³-hybridized carbons (Fsp3) is 0. The van der Waals surface area contributed by atoms with Gasteiger partial charge in [0, 0.05) is 32.6 Å². The summed E-state index contributed by atoms with van der Waals surface area (Å²) >= 11 is 0. The smallest absolute Gasteiger partial charge is 0.138 e. The predicted molar refractivity (Wildman–Crippen MR) is 168 cm³/mol. The van der Waals surface area contributed by atoms with E-state index >= 15 is 0 Å². The third-order valence-electron chi connectivity index (χ3n) is 8.29. The fourth-order valence-corrected chi connectivity index (χ4v) is 6.62. The molecule has 6 aromatic carbocycles. The van der Waals surface area contributed by atoms with Crippen LogP contribution in [0.15, 0.2) is 140 Å². The van der Waals surface area contributed by atoms with Gasteiger partial charge in [0.1, 0.15) is 5.82 Å². The molecule has 0 aliphatic rings. The molecule has 0 aliphatic heterocycles. The first-order valence-corrected chi connectivity index (χ1v) is 13.7. The van der Waals surface area contributed by atoms with Gasteiger partial charge in [-0.15, -0.1) is 0 Å². The highest BCUT2D eigenvalue weighted by Crippen LogP contribution is 2.42. The number of hydrogen-bond donors (Lipinski definition) is 0. The second-order valence-corrected chi connectivity index (χ2v) is 10.4. The third-order valence-corrected chi connectivity index (χ3v) is 8.29. The van der Waals surface area contributed by atoms with Crippen LogP contribution in [-0.4, -0.2) is 14.1 Å². The van der Waals surface area contributed by atoms with Gasteiger partial charge in [-0.1, -0.05) is 84.9 Å². The molecular weight excluding hydrogens is 486 g/mol. The number of para-hydroxylation sites is 4. The van der Waals surface area contributed by atoms with Gasteiger partial charge in [0.2, 0.25) is 0 Å². The summed E-state index contributed by atoms with van der Waals surface area (Å²) in [6, 6.07) is 49.9. The fourth-order valence-electron chi connectivity index (χ4n) is 6.62. The van der Waals surface area contributed by atoms with Gasteiger partial charge in [-0.2, -0.15) is 0 Å². The molecule has 9 aromatic rings. The molecule has 0 amide bonds. The quantitative estimate of drug-likeness (QED) is 0.227. The van der Waals surface area contributed by atoms with Crippen molar-refractivity contribution < 1.29 is 0 Å². The van der Waals surface area contributed by atoms with E-state index in [1.165, 1.54) is 60.1 Å². The van der Waals surface area contributed by atoms with Crippen molar-refractivity contribution in [3.63, 3.8) is 0 Å². The maximum atomic E-state index is 5.09. The molecule has 40 heavy (non-hydrogen) atoms. The van der Waals surface area contributed by atoms with Gasteiger partial charge in [0.15, 0.2) is 0 Å². The van der Waals surface area contributed by atoms with E-state index in [1.807, 2.05) is 0 Å². The number of pyridine rings is 1. The third kappa shape index (κ3) is 2.86. The number of aromatic nitrogens is 3. The SMILES string of the molecule is c1ccc(-n2c3ccccc3c3c4ccc5c(c4ccc32)c2ccccc2n5-c2ccc3ccccc3n2)cc1. The molecule has 0 fully saturated rings. The summed E-state index contributed by atoms with van der Waals surface area (Å²) in [7, 11) is 0. The van der Waals surface area contributed by atoms with Crippen molar-refractivity contribution >= 4 is 65.3 Å². The summed E-state index contributed by atoms with van der Waals surface area (Å²) in [6.07, 6.45) is 0. The Bertz CT molecular complexity index is 2430. The lowest BCUT2D eigenvalue weighted by atomic mass is 9.99. The van der Waals surface area contributed by atoms with Crippen LogP contribution >= 0.6 is 0 Å². The molecule has 0 radical (unpaired) electrons. The van der Waals surface area contributed by atoms with Crippen LogP contribution in [0.25, 0.3) is 76.8 Å². The molecule has 3 aromatic heterocycles. The van der Waals surface area contributed by atoms with Crippen LogP contribution in [0.5, 0.6) is 0 Å². The monoisotopic (exact) mass is 509 g/mol. The predicted octanol–water partition coefficient (Wildman–Crippen LogP) is 9.58. The summed E-state index contributed by atoms with van der Waals surface area (Å²) in [5, 5.41) is 8.74. The molecule has 3 heterocycles. The lowest BCUT2D eigenvalue weighted by Gasteiger charge is -2.10. The molecule has 0 saturated carbocycles. The minimum Gasteiger partial charge on any atom is -0.309 e. The van der Waals surface area contributed by atoms with Gasteiger partial charge in [0.25, 0.3) is 0 Å². The molecule has 0 aliphatic carbocycles. The van der Waals surface area contributed by atoms with Crippen LogP contribution in [0.1, 0.15) is 0 Å². The summed E-state index contributed by atoms with van der Waals surface area (Å²) in [6.45, 7) is 0. The number of nitrogens with zero attached hydrogens (tertiary/aromatic N) is 3. The summed E-state index contributed by atoms with van der Waals surface area (Å²) < 4.78 is 4.70. The molecule has 0 saturated heterocycles. The zero-order valence-corrected chi connectivity index (χ0v) is 21.6. The number of rotatable bonds is 2. The van der Waals surface area contributed by atoms with Crippen LogP contribution in [0.4, 0.5) is 0 Å². The second-order valence-electron chi connectivity index (χ2n) is 10.4. The van der Waals surface area contributed by atoms with E-state index in [1.54, 1.807) is 0 Å². The molecule has 0 bridgehead atoms. The van der Waals surface area contributed by atoms with Crippen LogP contribution < -0.4 is 0 Å². The highest BCUT2D eigenvalue weighted by Gasteiger charge is 2.19. The van der Waals surface area contributed by atoms with Crippen molar-refractivity contribution in [2.45, 2.75) is 0 Å². The normalized spacial score (nSPS) is 12.0. The Balaban J connectivity index is 1.43. The van der Waals surface area contributed by atoms with Crippen molar-refractivity contribution in [3.05, 3.63) is 140 Å². The number of fused-ring (bicyclic) bond motifs is 10. The van der Waals surface area contributed by atoms with E-state index in [0.29, 0.717) is 0 Å². The first-order chi connectivity index (χ1) is 19.9. The van der Waals surface area contributed by atoms with E-state index in [9.17, 15) is 0 Å². The van der Waals surface area contributed by atoms with Gasteiger partial charge in [-0.3, -0.25) is 4.57 Å². The molecule has 0 N–H and O–H groups in total. The van der Waals surface area contributed by atoms with Crippen LogP contribution in [0, 0.1) is 0 Å². The average molecular weight is 510 g/mol. The van der Waals surface area contributed by atoms with E-state index in [-0.39, 0.29) is 0 Å². The molecule has 3 nitrogen and oxygen atoms in total. The van der Waals surface area contributed by atoms with Gasteiger partial charge in [-0.05, 0) is 65.4 Å². The van der Waals surface area contributed by atoms with Crippen molar-refractivity contribution in [1.29, 1.82) is 0 Å². The molecule has 9 rings (SSSR count). The van der Waals surface area contributed by atoms with Crippen molar-refractivity contribution in [3.8, 4) is 11.5 Å². The van der Waals surface area contributed by atoms with Gasteiger partial charge in [-0.25, -0.2) is 4.98 Å². The molecule has 3 heteroatoms. The van der Waals surface area contributed by atoms with Crippen LogP contribution in [-0.2, 0) is 0 Å². The number of benzene rings is 6. The van der Waals surface area contributed by atoms with Crippen molar-refractivity contribution in [1.82, 2.24) is 14.1 Å². The zero-order valence-electron chi connectivity index (χ0n) is 21.6. The summed E-state index contributed by atoms with van der Waals surface area (Å²) in [5.41, 5.74) is 6.95. The zero-order chi connectivity index (χ0) is 26.2. The van der Waals surface area contributed by atoms with Crippen molar-refractivity contribution in [2.75, 3.05) is 0 Å². The standard InChI is InChI=1S/C37H23N3/c1-2-11-25(12-3-1)39-31-16-8-5-13-28(31)36-26-20-22-34-37(27(26)19-21-33(36)39)29-14-6-9-17-32(29)40(34)35-23-18-24-10-4-7-15-30(24)38-35/h1-23H. The maximum absolute atomic E-state index is 5.09. The topological polar surface area (TPSA) is 22.8 Å². The minimum atomic E-state index is 0.936. The van der Waals surface area contributed by atoms with E-state index in [0.717, 1.165) is 16.7 Å². The maximum Gasteiger partial charge on any atom is 0.138 e.